The summed E-state index contributed by atoms with van der Waals surface area (Å²) in [5.74, 6) is 6.04. The molecule has 2 heterocycles. The van der Waals surface area contributed by atoms with Crippen LogP contribution in [0.5, 0.6) is 0 Å². The molecule has 0 atom stereocenters. The number of nitrogens with two attached hydrogens (primary N) is 1. The van der Waals surface area contributed by atoms with Crippen molar-refractivity contribution in [1.82, 2.24) is 19.7 Å². The zero-order valence-electron chi connectivity index (χ0n) is 9.18. The van der Waals surface area contributed by atoms with Gasteiger partial charge in [-0.1, -0.05) is 11.6 Å². The van der Waals surface area contributed by atoms with Crippen molar-refractivity contribution < 1.29 is 0 Å². The lowest BCUT2D eigenvalue weighted by Crippen LogP contribution is -2.12. The first-order valence-corrected chi connectivity index (χ1v) is 5.28. The summed E-state index contributed by atoms with van der Waals surface area (Å²) in [6, 6.07) is 1.91. The quantitative estimate of drug-likeness (QED) is 0.550. The number of hydrogen-bond donors (Lipinski definition) is 3. The van der Waals surface area contributed by atoms with Gasteiger partial charge in [-0.2, -0.15) is 10.1 Å². The van der Waals surface area contributed by atoms with Crippen LogP contribution in [0.4, 0.5) is 11.8 Å². The van der Waals surface area contributed by atoms with Crippen LogP contribution in [0.25, 0.3) is 0 Å². The lowest BCUT2D eigenvalue weighted by molar-refractivity contribution is 0.747. The summed E-state index contributed by atoms with van der Waals surface area (Å²) in [6.07, 6.45) is 3.34. The summed E-state index contributed by atoms with van der Waals surface area (Å²) in [6.45, 7) is 0.529. The summed E-state index contributed by atoms with van der Waals surface area (Å²) in [5.41, 5.74) is 3.25. The Balaban J connectivity index is 2.07. The molecule has 0 bridgehead atoms. The average Bonchev–Trinajstić information content (AvgIpc) is 2.74. The van der Waals surface area contributed by atoms with Gasteiger partial charge in [0.05, 0.1) is 18.4 Å². The minimum atomic E-state index is 0.304. The number of nitrogen functional groups attached to an aromatic ring is 1. The maximum atomic E-state index is 5.94. The fraction of sp³-hybridized carbons (Fsp3) is 0.222. The molecule has 0 aliphatic carbocycles. The Hall–Kier alpha value is -1.86. The van der Waals surface area contributed by atoms with E-state index in [1.165, 1.54) is 6.20 Å². The third kappa shape index (κ3) is 2.83. The fourth-order valence-corrected chi connectivity index (χ4v) is 1.45. The van der Waals surface area contributed by atoms with Crippen LogP contribution in [0.2, 0.25) is 5.02 Å². The van der Waals surface area contributed by atoms with Crippen LogP contribution in [0, 0.1) is 0 Å². The van der Waals surface area contributed by atoms with E-state index in [1.807, 2.05) is 19.3 Å². The van der Waals surface area contributed by atoms with Crippen LogP contribution in [0.1, 0.15) is 5.69 Å². The molecule has 4 N–H and O–H groups in total. The van der Waals surface area contributed by atoms with Crippen LogP contribution in [-0.4, -0.2) is 19.7 Å². The number of aromatic nitrogens is 4. The second-order valence-electron chi connectivity index (χ2n) is 3.37. The topological polar surface area (TPSA) is 93.7 Å². The number of hydrogen-bond acceptors (Lipinski definition) is 6. The number of halogens is 1. The molecular weight excluding hydrogens is 242 g/mol. The molecule has 0 spiro atoms. The predicted molar refractivity (Wildman–Crippen MR) is 65.4 cm³/mol. The third-order valence-corrected chi connectivity index (χ3v) is 2.36. The molecule has 0 fully saturated rings. The first kappa shape index (κ1) is 11.6. The number of nitrogens with one attached hydrogen (secondary N) is 2. The number of rotatable bonds is 4. The van der Waals surface area contributed by atoms with Gasteiger partial charge in [0.1, 0.15) is 5.02 Å². The van der Waals surface area contributed by atoms with Gasteiger partial charge in [0.25, 0.3) is 0 Å². The fourth-order valence-electron chi connectivity index (χ4n) is 1.29. The van der Waals surface area contributed by atoms with Gasteiger partial charge in [-0.15, -0.1) is 0 Å². The molecule has 2 rings (SSSR count). The van der Waals surface area contributed by atoms with E-state index in [4.69, 9.17) is 17.4 Å². The molecule has 0 saturated heterocycles. The second-order valence-corrected chi connectivity index (χ2v) is 3.78. The molecule has 7 nitrogen and oxygen atoms in total. The van der Waals surface area contributed by atoms with Gasteiger partial charge in [0, 0.05) is 13.2 Å². The van der Waals surface area contributed by atoms with E-state index in [2.05, 4.69) is 25.8 Å². The summed E-state index contributed by atoms with van der Waals surface area (Å²) >= 11 is 5.94. The molecule has 17 heavy (non-hydrogen) atoms. The Morgan fingerprint density at radius 1 is 1.53 bits per heavy atom. The summed E-state index contributed by atoms with van der Waals surface area (Å²) in [7, 11) is 1.86. The first-order valence-electron chi connectivity index (χ1n) is 4.90. The smallest absolute Gasteiger partial charge is 0.239 e. The maximum Gasteiger partial charge on any atom is 0.239 e. The van der Waals surface area contributed by atoms with Crippen molar-refractivity contribution in [2.75, 3.05) is 10.7 Å². The van der Waals surface area contributed by atoms with Gasteiger partial charge in [-0.25, -0.2) is 10.8 Å². The molecule has 0 aliphatic rings. The zero-order valence-corrected chi connectivity index (χ0v) is 9.94. The summed E-state index contributed by atoms with van der Waals surface area (Å²) < 4.78 is 1.73. The molecule has 8 heteroatoms. The van der Waals surface area contributed by atoms with E-state index in [1.54, 1.807) is 4.68 Å². The normalized spacial score (nSPS) is 10.3. The molecule has 90 valence electrons. The first-order chi connectivity index (χ1) is 8.19. The van der Waals surface area contributed by atoms with Crippen molar-refractivity contribution in [1.29, 1.82) is 0 Å². The number of nitrogens with zero attached hydrogens (tertiary/aromatic N) is 4. The highest BCUT2D eigenvalue weighted by Gasteiger charge is 2.05. The lowest BCUT2D eigenvalue weighted by Gasteiger charge is -2.06. The number of hydrazine groups is 1. The minimum Gasteiger partial charge on any atom is -0.363 e. The lowest BCUT2D eigenvalue weighted by atomic mass is 10.4. The van der Waals surface area contributed by atoms with E-state index in [-0.39, 0.29) is 0 Å². The highest BCUT2D eigenvalue weighted by Crippen LogP contribution is 2.19. The van der Waals surface area contributed by atoms with Crippen molar-refractivity contribution >= 4 is 23.4 Å². The Morgan fingerprint density at radius 2 is 2.35 bits per heavy atom. The van der Waals surface area contributed by atoms with Gasteiger partial charge in [0.2, 0.25) is 5.95 Å². The number of aryl methyl sites for hydroxylation is 1. The van der Waals surface area contributed by atoms with Crippen molar-refractivity contribution in [2.45, 2.75) is 6.54 Å². The minimum absolute atomic E-state index is 0.304. The predicted octanol–water partition coefficient (Wildman–Crippen LogP) is 0.761. The summed E-state index contributed by atoms with van der Waals surface area (Å²) in [4.78, 5) is 7.97. The van der Waals surface area contributed by atoms with Crippen LogP contribution < -0.4 is 16.6 Å². The zero-order chi connectivity index (χ0) is 12.3. The van der Waals surface area contributed by atoms with E-state index in [0.717, 1.165) is 5.69 Å². The third-order valence-electron chi connectivity index (χ3n) is 2.08. The van der Waals surface area contributed by atoms with Crippen LogP contribution in [-0.2, 0) is 13.6 Å². The van der Waals surface area contributed by atoms with Gasteiger partial charge >= 0.3 is 0 Å². The SMILES string of the molecule is Cn1ccc(CNc2nc(NN)ncc2Cl)n1. The van der Waals surface area contributed by atoms with Crippen LogP contribution in [0.15, 0.2) is 18.5 Å². The van der Waals surface area contributed by atoms with E-state index in [0.29, 0.717) is 23.3 Å². The Kier molecular flexibility index (Phi) is 3.40. The molecular formula is C9H12ClN7. The van der Waals surface area contributed by atoms with Gasteiger partial charge < -0.3 is 5.32 Å². The molecule has 0 aromatic carbocycles. The summed E-state index contributed by atoms with van der Waals surface area (Å²) in [5, 5.41) is 7.72. The van der Waals surface area contributed by atoms with Crippen molar-refractivity contribution in [3.05, 3.63) is 29.2 Å². The molecule has 2 aromatic heterocycles. The van der Waals surface area contributed by atoms with Crippen LogP contribution >= 0.6 is 11.6 Å². The Morgan fingerprint density at radius 3 is 3.00 bits per heavy atom. The van der Waals surface area contributed by atoms with E-state index >= 15 is 0 Å². The molecule has 2 aromatic rings. The average molecular weight is 254 g/mol. The Labute approximate surface area is 103 Å². The standard InChI is InChI=1S/C9H12ClN7/c1-17-3-2-6(16-17)4-12-8-7(10)5-13-9(14-8)15-11/h2-3,5H,4,11H2,1H3,(H2,12,13,14,15). The highest BCUT2D eigenvalue weighted by atomic mass is 35.5. The number of anilines is 2. The Bertz CT molecular complexity index is 510. The molecule has 0 aliphatic heterocycles. The maximum absolute atomic E-state index is 5.94. The van der Waals surface area contributed by atoms with E-state index < -0.39 is 0 Å². The monoisotopic (exact) mass is 253 g/mol. The van der Waals surface area contributed by atoms with Gasteiger partial charge in [0.15, 0.2) is 5.82 Å². The van der Waals surface area contributed by atoms with E-state index in [9.17, 15) is 0 Å². The largest absolute Gasteiger partial charge is 0.363 e. The van der Waals surface area contributed by atoms with Crippen LogP contribution in [0.3, 0.4) is 0 Å². The van der Waals surface area contributed by atoms with Gasteiger partial charge in [-0.3, -0.25) is 10.1 Å². The van der Waals surface area contributed by atoms with Crippen molar-refractivity contribution in [3.8, 4) is 0 Å². The van der Waals surface area contributed by atoms with Gasteiger partial charge in [-0.05, 0) is 6.07 Å². The van der Waals surface area contributed by atoms with Crippen molar-refractivity contribution in [3.63, 3.8) is 0 Å². The second kappa shape index (κ2) is 4.98. The van der Waals surface area contributed by atoms with Crippen molar-refractivity contribution in [2.24, 2.45) is 12.9 Å². The highest BCUT2D eigenvalue weighted by molar-refractivity contribution is 6.32. The molecule has 0 unspecified atom stereocenters. The molecule has 0 radical (unpaired) electrons. The molecule has 0 saturated carbocycles. The molecule has 0 amide bonds.